The third kappa shape index (κ3) is 4.23. The first-order chi connectivity index (χ1) is 11.7. The van der Waals surface area contributed by atoms with Crippen LogP contribution in [0.15, 0.2) is 18.2 Å². The lowest BCUT2D eigenvalue weighted by Crippen LogP contribution is -2.08. The van der Waals surface area contributed by atoms with E-state index >= 15 is 0 Å². The molecule has 130 valence electrons. The van der Waals surface area contributed by atoms with Crippen LogP contribution in [0.5, 0.6) is 11.5 Å². The topological polar surface area (TPSA) is 95.6 Å². The monoisotopic (exact) mass is 335 g/mol. The second kappa shape index (κ2) is 8.88. The van der Waals surface area contributed by atoms with Gasteiger partial charge in [0.1, 0.15) is 12.3 Å². The molecule has 1 aromatic carbocycles. The first kappa shape index (κ1) is 17.7. The maximum absolute atomic E-state index is 11.9. The number of ether oxygens (including phenoxy) is 4. The van der Waals surface area contributed by atoms with Crippen molar-refractivity contribution in [2.45, 2.75) is 13.8 Å². The Bertz CT molecular complexity index is 671. The van der Waals surface area contributed by atoms with Gasteiger partial charge in [0.15, 0.2) is 17.2 Å². The van der Waals surface area contributed by atoms with Crippen LogP contribution in [0.4, 0.5) is 0 Å². The number of carbonyl (C=O) groups excluding carboxylic acids is 1. The average molecular weight is 335 g/mol. The number of methoxy groups -OCH3 is 1. The summed E-state index contributed by atoms with van der Waals surface area (Å²) in [5, 5.41) is 10.4. The molecule has 0 amide bonds. The molecule has 0 unspecified atom stereocenters. The molecule has 1 aromatic heterocycles. The summed E-state index contributed by atoms with van der Waals surface area (Å²) in [7, 11) is 1.56. The van der Waals surface area contributed by atoms with E-state index in [0.717, 1.165) is 0 Å². The SMILES string of the molecule is CCOCCOc1cc(-c2n[nH]nc2C(=O)OCC)ccc1OC. The van der Waals surface area contributed by atoms with Gasteiger partial charge in [-0.3, -0.25) is 0 Å². The largest absolute Gasteiger partial charge is 0.493 e. The number of nitrogens with zero attached hydrogens (tertiary/aromatic N) is 2. The molecule has 8 heteroatoms. The first-order valence-corrected chi connectivity index (χ1v) is 7.68. The fourth-order valence-electron chi connectivity index (χ4n) is 2.07. The predicted octanol–water partition coefficient (Wildman–Crippen LogP) is 2.07. The molecule has 0 bridgehead atoms. The quantitative estimate of drug-likeness (QED) is 0.553. The van der Waals surface area contributed by atoms with Crippen molar-refractivity contribution in [3.05, 3.63) is 23.9 Å². The Morgan fingerprint density at radius 1 is 1.12 bits per heavy atom. The number of hydrogen-bond donors (Lipinski definition) is 1. The number of nitrogens with one attached hydrogen (secondary N) is 1. The van der Waals surface area contributed by atoms with Crippen molar-refractivity contribution in [1.82, 2.24) is 15.4 Å². The third-order valence-corrected chi connectivity index (χ3v) is 3.14. The van der Waals surface area contributed by atoms with Gasteiger partial charge in [0.25, 0.3) is 0 Å². The highest BCUT2D eigenvalue weighted by atomic mass is 16.5. The van der Waals surface area contributed by atoms with Gasteiger partial charge in [-0.25, -0.2) is 4.79 Å². The molecule has 0 aliphatic heterocycles. The highest BCUT2D eigenvalue weighted by Crippen LogP contribution is 2.32. The molecule has 1 N–H and O–H groups in total. The molecule has 0 fully saturated rings. The van der Waals surface area contributed by atoms with E-state index < -0.39 is 5.97 Å². The fraction of sp³-hybridized carbons (Fsp3) is 0.438. The average Bonchev–Trinajstić information content (AvgIpc) is 3.08. The van der Waals surface area contributed by atoms with Gasteiger partial charge in [0.2, 0.25) is 0 Å². The van der Waals surface area contributed by atoms with Crippen LogP contribution in [-0.2, 0) is 9.47 Å². The summed E-state index contributed by atoms with van der Waals surface area (Å²) in [4.78, 5) is 11.9. The van der Waals surface area contributed by atoms with Crippen LogP contribution in [0.2, 0.25) is 0 Å². The third-order valence-electron chi connectivity index (χ3n) is 3.14. The highest BCUT2D eigenvalue weighted by molar-refractivity contribution is 5.94. The Hall–Kier alpha value is -2.61. The number of aromatic nitrogens is 3. The molecule has 0 saturated carbocycles. The van der Waals surface area contributed by atoms with E-state index in [1.807, 2.05) is 6.92 Å². The summed E-state index contributed by atoms with van der Waals surface area (Å²) >= 11 is 0. The molecule has 8 nitrogen and oxygen atoms in total. The second-order valence-corrected chi connectivity index (χ2v) is 4.65. The van der Waals surface area contributed by atoms with E-state index in [2.05, 4.69) is 15.4 Å². The molecule has 0 aliphatic rings. The van der Waals surface area contributed by atoms with Crippen LogP contribution < -0.4 is 9.47 Å². The molecule has 0 aliphatic carbocycles. The molecule has 2 aromatic rings. The van der Waals surface area contributed by atoms with Gasteiger partial charge in [-0.05, 0) is 32.0 Å². The summed E-state index contributed by atoms with van der Waals surface area (Å²) in [5.74, 6) is 0.583. The van der Waals surface area contributed by atoms with E-state index in [9.17, 15) is 4.79 Å². The van der Waals surface area contributed by atoms with Gasteiger partial charge < -0.3 is 18.9 Å². The molecule has 0 spiro atoms. The highest BCUT2D eigenvalue weighted by Gasteiger charge is 2.20. The number of carbonyl (C=O) groups is 1. The lowest BCUT2D eigenvalue weighted by atomic mass is 10.1. The maximum atomic E-state index is 11.9. The van der Waals surface area contributed by atoms with E-state index in [4.69, 9.17) is 18.9 Å². The van der Waals surface area contributed by atoms with Crippen LogP contribution in [0, 0.1) is 0 Å². The smallest absolute Gasteiger partial charge is 0.361 e. The number of aromatic amines is 1. The minimum absolute atomic E-state index is 0.127. The van der Waals surface area contributed by atoms with Crippen LogP contribution in [0.3, 0.4) is 0 Å². The molecule has 24 heavy (non-hydrogen) atoms. The normalized spacial score (nSPS) is 10.5. The Labute approximate surface area is 140 Å². The van der Waals surface area contributed by atoms with Gasteiger partial charge >= 0.3 is 5.97 Å². The fourth-order valence-corrected chi connectivity index (χ4v) is 2.07. The van der Waals surface area contributed by atoms with Crippen LogP contribution in [0.25, 0.3) is 11.3 Å². The van der Waals surface area contributed by atoms with Gasteiger partial charge in [-0.2, -0.15) is 10.3 Å². The molecule has 1 heterocycles. The zero-order valence-electron chi connectivity index (χ0n) is 14.0. The summed E-state index contributed by atoms with van der Waals surface area (Å²) < 4.78 is 21.2. The molecular weight excluding hydrogens is 314 g/mol. The Kier molecular flexibility index (Phi) is 6.56. The van der Waals surface area contributed by atoms with Crippen LogP contribution >= 0.6 is 0 Å². The van der Waals surface area contributed by atoms with E-state index in [1.165, 1.54) is 0 Å². The lowest BCUT2D eigenvalue weighted by molar-refractivity contribution is 0.0520. The Balaban J connectivity index is 2.25. The van der Waals surface area contributed by atoms with Crippen molar-refractivity contribution in [2.24, 2.45) is 0 Å². The maximum Gasteiger partial charge on any atom is 0.361 e. The van der Waals surface area contributed by atoms with Crippen molar-refractivity contribution >= 4 is 5.97 Å². The van der Waals surface area contributed by atoms with Crippen LogP contribution in [0.1, 0.15) is 24.3 Å². The van der Waals surface area contributed by atoms with E-state index in [-0.39, 0.29) is 12.3 Å². The van der Waals surface area contributed by atoms with Gasteiger partial charge in [-0.15, -0.1) is 5.10 Å². The van der Waals surface area contributed by atoms with Crippen molar-refractivity contribution in [3.8, 4) is 22.8 Å². The van der Waals surface area contributed by atoms with E-state index in [0.29, 0.717) is 42.6 Å². The number of hydrogen-bond acceptors (Lipinski definition) is 7. The van der Waals surface area contributed by atoms with Crippen molar-refractivity contribution in [2.75, 3.05) is 33.5 Å². The molecule has 0 atom stereocenters. The molecule has 0 radical (unpaired) electrons. The standard InChI is InChI=1S/C16H21N3O5/c1-4-22-8-9-24-13-10-11(6-7-12(13)21-3)14-15(18-19-17-14)16(20)23-5-2/h6-7,10H,4-5,8-9H2,1-3H3,(H,17,18,19). The van der Waals surface area contributed by atoms with Crippen molar-refractivity contribution in [3.63, 3.8) is 0 Å². The number of H-pyrrole nitrogens is 1. The van der Waals surface area contributed by atoms with Crippen LogP contribution in [-0.4, -0.2) is 54.9 Å². The summed E-state index contributed by atoms with van der Waals surface area (Å²) in [5.41, 5.74) is 1.19. The van der Waals surface area contributed by atoms with Crippen molar-refractivity contribution in [1.29, 1.82) is 0 Å². The number of rotatable bonds is 9. The zero-order valence-corrected chi connectivity index (χ0v) is 14.0. The zero-order chi connectivity index (χ0) is 17.4. The summed E-state index contributed by atoms with van der Waals surface area (Å²) in [6.07, 6.45) is 0. The van der Waals surface area contributed by atoms with Gasteiger partial charge in [0, 0.05) is 12.2 Å². The Morgan fingerprint density at radius 2 is 1.96 bits per heavy atom. The van der Waals surface area contributed by atoms with Gasteiger partial charge in [0.05, 0.1) is 20.3 Å². The van der Waals surface area contributed by atoms with Crippen molar-refractivity contribution < 1.29 is 23.7 Å². The molecular formula is C16H21N3O5. The summed E-state index contributed by atoms with van der Waals surface area (Å²) in [6.45, 7) is 5.40. The Morgan fingerprint density at radius 3 is 2.67 bits per heavy atom. The lowest BCUT2D eigenvalue weighted by Gasteiger charge is -2.12. The predicted molar refractivity (Wildman–Crippen MR) is 86.3 cm³/mol. The minimum atomic E-state index is -0.532. The van der Waals surface area contributed by atoms with E-state index in [1.54, 1.807) is 32.2 Å². The minimum Gasteiger partial charge on any atom is -0.493 e. The van der Waals surface area contributed by atoms with Gasteiger partial charge in [-0.1, -0.05) is 0 Å². The number of benzene rings is 1. The summed E-state index contributed by atoms with van der Waals surface area (Å²) in [6, 6.07) is 5.26. The second-order valence-electron chi connectivity index (χ2n) is 4.65. The molecule has 2 rings (SSSR count). The molecule has 0 saturated heterocycles. The number of esters is 1. The first-order valence-electron chi connectivity index (χ1n) is 7.68.